The molecule has 0 unspecified atom stereocenters. The van der Waals surface area contributed by atoms with Crippen LogP contribution in [0.5, 0.6) is 23.0 Å². The Labute approximate surface area is 189 Å². The van der Waals surface area contributed by atoms with E-state index in [0.29, 0.717) is 35.2 Å². The lowest BCUT2D eigenvalue weighted by atomic mass is 10.1. The Bertz CT molecular complexity index is 994. The van der Waals surface area contributed by atoms with Gasteiger partial charge < -0.3 is 24.3 Å². The van der Waals surface area contributed by atoms with Crippen molar-refractivity contribution in [2.75, 3.05) is 20.8 Å². The molecular formula is C25H30N2O5. The highest BCUT2D eigenvalue weighted by Gasteiger charge is 2.13. The molecular weight excluding hydrogens is 408 g/mol. The van der Waals surface area contributed by atoms with E-state index in [9.17, 15) is 10.1 Å². The summed E-state index contributed by atoms with van der Waals surface area (Å²) in [5.41, 5.74) is 1.52. The zero-order valence-electron chi connectivity index (χ0n) is 19.2. The minimum absolute atomic E-state index is 0.0115. The third kappa shape index (κ3) is 6.67. The fourth-order valence-corrected chi connectivity index (χ4v) is 2.87. The van der Waals surface area contributed by atoms with Crippen molar-refractivity contribution in [3.05, 3.63) is 53.1 Å². The van der Waals surface area contributed by atoms with Gasteiger partial charge in [-0.25, -0.2) is 0 Å². The van der Waals surface area contributed by atoms with Crippen LogP contribution >= 0.6 is 0 Å². The number of hydrogen-bond acceptors (Lipinski definition) is 6. The second kappa shape index (κ2) is 12.3. The first-order valence-corrected chi connectivity index (χ1v) is 10.5. The summed E-state index contributed by atoms with van der Waals surface area (Å²) in [6, 6.07) is 12.7. The molecule has 0 bridgehead atoms. The lowest BCUT2D eigenvalue weighted by molar-refractivity contribution is -0.117. The van der Waals surface area contributed by atoms with Crippen molar-refractivity contribution in [1.82, 2.24) is 5.32 Å². The van der Waals surface area contributed by atoms with Gasteiger partial charge in [-0.05, 0) is 62.2 Å². The van der Waals surface area contributed by atoms with E-state index in [2.05, 4.69) is 5.32 Å². The molecule has 0 aromatic heterocycles. The van der Waals surface area contributed by atoms with Gasteiger partial charge in [-0.2, -0.15) is 5.26 Å². The first-order valence-electron chi connectivity index (χ1n) is 10.5. The number of benzene rings is 2. The Morgan fingerprint density at radius 2 is 1.81 bits per heavy atom. The third-order valence-electron chi connectivity index (χ3n) is 4.80. The number of carbonyl (C=O) groups is 1. The van der Waals surface area contributed by atoms with Gasteiger partial charge in [0.25, 0.3) is 5.91 Å². The van der Waals surface area contributed by atoms with Crippen LogP contribution in [0.3, 0.4) is 0 Å². The number of nitrogens with one attached hydrogen (secondary N) is 1. The number of hydrogen-bond donors (Lipinski definition) is 1. The molecule has 2 rings (SSSR count). The molecule has 1 N–H and O–H groups in total. The molecule has 170 valence electrons. The molecule has 2 aromatic rings. The lowest BCUT2D eigenvalue weighted by Gasteiger charge is -2.15. The van der Waals surface area contributed by atoms with Gasteiger partial charge >= 0.3 is 0 Å². The summed E-state index contributed by atoms with van der Waals surface area (Å²) >= 11 is 0. The quantitative estimate of drug-likeness (QED) is 0.410. The maximum absolute atomic E-state index is 12.3. The highest BCUT2D eigenvalue weighted by Crippen LogP contribution is 2.32. The summed E-state index contributed by atoms with van der Waals surface area (Å²) in [5.74, 6) is 2.05. The first kappa shape index (κ1) is 24.6. The van der Waals surface area contributed by atoms with Crippen LogP contribution in [0, 0.1) is 11.3 Å². The summed E-state index contributed by atoms with van der Waals surface area (Å²) in [6.07, 6.45) is 2.32. The highest BCUT2D eigenvalue weighted by molar-refractivity contribution is 6.01. The van der Waals surface area contributed by atoms with Gasteiger partial charge in [0.15, 0.2) is 11.5 Å². The normalized spacial score (nSPS) is 11.8. The largest absolute Gasteiger partial charge is 0.497 e. The fraction of sp³-hybridized carbons (Fsp3) is 0.360. The van der Waals surface area contributed by atoms with E-state index in [1.807, 2.05) is 45.0 Å². The number of nitriles is 1. The molecule has 7 nitrogen and oxygen atoms in total. The van der Waals surface area contributed by atoms with Gasteiger partial charge in [0.1, 0.15) is 29.7 Å². The minimum Gasteiger partial charge on any atom is -0.497 e. The van der Waals surface area contributed by atoms with E-state index in [0.717, 1.165) is 12.0 Å². The van der Waals surface area contributed by atoms with Crippen LogP contribution in [0.4, 0.5) is 0 Å². The lowest BCUT2D eigenvalue weighted by Crippen LogP contribution is -2.32. The maximum Gasteiger partial charge on any atom is 0.262 e. The summed E-state index contributed by atoms with van der Waals surface area (Å²) in [7, 11) is 3.20. The van der Waals surface area contributed by atoms with Gasteiger partial charge in [0.05, 0.1) is 20.8 Å². The second-order valence-corrected chi connectivity index (χ2v) is 7.06. The van der Waals surface area contributed by atoms with Crippen LogP contribution < -0.4 is 24.3 Å². The van der Waals surface area contributed by atoms with Gasteiger partial charge in [0.2, 0.25) is 0 Å². The molecule has 32 heavy (non-hydrogen) atoms. The summed E-state index contributed by atoms with van der Waals surface area (Å²) in [5, 5.41) is 12.2. The predicted molar refractivity (Wildman–Crippen MR) is 123 cm³/mol. The van der Waals surface area contributed by atoms with Crippen LogP contribution in [-0.4, -0.2) is 32.8 Å². The monoisotopic (exact) mass is 438 g/mol. The van der Waals surface area contributed by atoms with Crippen molar-refractivity contribution in [3.8, 4) is 29.1 Å². The number of amides is 1. The highest BCUT2D eigenvalue weighted by atomic mass is 16.5. The van der Waals surface area contributed by atoms with Gasteiger partial charge in [-0.3, -0.25) is 4.79 Å². The number of ether oxygens (including phenoxy) is 4. The molecule has 7 heteroatoms. The van der Waals surface area contributed by atoms with E-state index in [-0.39, 0.29) is 18.2 Å². The average Bonchev–Trinajstić information content (AvgIpc) is 2.81. The third-order valence-corrected chi connectivity index (χ3v) is 4.80. The fourth-order valence-electron chi connectivity index (χ4n) is 2.87. The van der Waals surface area contributed by atoms with Crippen LogP contribution in [-0.2, 0) is 11.4 Å². The zero-order valence-corrected chi connectivity index (χ0v) is 19.2. The Hall–Kier alpha value is -3.66. The van der Waals surface area contributed by atoms with Crippen molar-refractivity contribution in [1.29, 1.82) is 5.26 Å². The minimum atomic E-state index is -0.398. The van der Waals surface area contributed by atoms with Crippen molar-refractivity contribution in [2.24, 2.45) is 0 Å². The summed E-state index contributed by atoms with van der Waals surface area (Å²) in [4.78, 5) is 12.3. The Morgan fingerprint density at radius 3 is 2.44 bits per heavy atom. The molecule has 0 saturated heterocycles. The predicted octanol–water partition coefficient (Wildman–Crippen LogP) is 4.50. The molecule has 0 aliphatic rings. The summed E-state index contributed by atoms with van der Waals surface area (Å²) in [6.45, 7) is 6.41. The maximum atomic E-state index is 12.3. The smallest absolute Gasteiger partial charge is 0.262 e. The molecule has 0 fully saturated rings. The summed E-state index contributed by atoms with van der Waals surface area (Å²) < 4.78 is 22.4. The number of nitrogens with zero attached hydrogens (tertiary/aromatic N) is 1. The molecule has 0 saturated carbocycles. The standard InChI is InChI=1S/C25H30N2O5/c1-6-17(3)27-25(28)19(15-26)12-18-8-10-23(24(13-18)31-7-2)32-16-20-14-21(29-4)9-11-22(20)30-5/h8-14,17H,6-7,16H2,1-5H3,(H,27,28)/b19-12+/t17-/m0/s1. The SMILES string of the molecule is CCOc1cc(/C=C(\C#N)C(=O)N[C@@H](C)CC)ccc1OCc1cc(OC)ccc1OC. The van der Waals surface area contributed by atoms with Gasteiger partial charge in [0, 0.05) is 11.6 Å². The number of rotatable bonds is 11. The topological polar surface area (TPSA) is 89.8 Å². The van der Waals surface area contributed by atoms with Crippen molar-refractivity contribution < 1.29 is 23.7 Å². The first-order chi connectivity index (χ1) is 15.4. The molecule has 0 aliphatic heterocycles. The van der Waals surface area contributed by atoms with Crippen molar-refractivity contribution in [3.63, 3.8) is 0 Å². The van der Waals surface area contributed by atoms with Crippen molar-refractivity contribution >= 4 is 12.0 Å². The molecule has 0 aliphatic carbocycles. The Morgan fingerprint density at radius 1 is 1.06 bits per heavy atom. The van der Waals surface area contributed by atoms with Crippen LogP contribution in [0.25, 0.3) is 6.08 Å². The Kier molecular flexibility index (Phi) is 9.43. The van der Waals surface area contributed by atoms with Crippen LogP contribution in [0.15, 0.2) is 42.0 Å². The molecule has 2 aromatic carbocycles. The van der Waals surface area contributed by atoms with E-state index >= 15 is 0 Å². The van der Waals surface area contributed by atoms with E-state index in [1.165, 1.54) is 6.08 Å². The molecule has 0 heterocycles. The number of carbonyl (C=O) groups excluding carboxylic acids is 1. The average molecular weight is 439 g/mol. The second-order valence-electron chi connectivity index (χ2n) is 7.06. The van der Waals surface area contributed by atoms with Gasteiger partial charge in [-0.1, -0.05) is 13.0 Å². The van der Waals surface area contributed by atoms with E-state index in [4.69, 9.17) is 18.9 Å². The van der Waals surface area contributed by atoms with Gasteiger partial charge in [-0.15, -0.1) is 0 Å². The number of methoxy groups -OCH3 is 2. The van der Waals surface area contributed by atoms with Crippen LogP contribution in [0.2, 0.25) is 0 Å². The Balaban J connectivity index is 2.26. The zero-order chi connectivity index (χ0) is 23.5. The van der Waals surface area contributed by atoms with Crippen LogP contribution in [0.1, 0.15) is 38.3 Å². The molecule has 0 radical (unpaired) electrons. The van der Waals surface area contributed by atoms with Crippen molar-refractivity contribution in [2.45, 2.75) is 39.8 Å². The van der Waals surface area contributed by atoms with E-state index < -0.39 is 5.91 Å². The van der Waals surface area contributed by atoms with E-state index in [1.54, 1.807) is 32.4 Å². The molecule has 1 atom stereocenters. The molecule has 0 spiro atoms. The molecule has 1 amide bonds.